The van der Waals surface area contributed by atoms with Gasteiger partial charge in [0.2, 0.25) is 5.43 Å². The van der Waals surface area contributed by atoms with Crippen molar-refractivity contribution in [2.75, 3.05) is 13.1 Å². The molecule has 7 nitrogen and oxygen atoms in total. The summed E-state index contributed by atoms with van der Waals surface area (Å²) in [6.07, 6.45) is 1.36. The van der Waals surface area contributed by atoms with Gasteiger partial charge in [0.15, 0.2) is 5.75 Å². The Morgan fingerprint density at radius 1 is 1.38 bits per heavy atom. The molecule has 7 heteroatoms. The summed E-state index contributed by atoms with van der Waals surface area (Å²) in [5.41, 5.74) is 0.0718. The fourth-order valence-corrected chi connectivity index (χ4v) is 2.67. The Hall–Kier alpha value is -1.86. The van der Waals surface area contributed by atoms with E-state index in [1.165, 1.54) is 16.8 Å². The number of aliphatic carboxylic acids is 1. The summed E-state index contributed by atoms with van der Waals surface area (Å²) < 4.78 is 7.04. The first-order chi connectivity index (χ1) is 9.85. The molecule has 1 aromatic heterocycles. The summed E-state index contributed by atoms with van der Waals surface area (Å²) in [6, 6.07) is 1.29. The van der Waals surface area contributed by atoms with Crippen LogP contribution in [-0.4, -0.2) is 50.9 Å². The van der Waals surface area contributed by atoms with E-state index in [0.29, 0.717) is 25.3 Å². The molecule has 0 radical (unpaired) electrons. The molecular weight excluding hydrogens is 276 g/mol. The van der Waals surface area contributed by atoms with E-state index in [9.17, 15) is 14.7 Å². The number of rotatable bonds is 4. The third-order valence-electron chi connectivity index (χ3n) is 3.38. The van der Waals surface area contributed by atoms with Crippen LogP contribution in [0, 0.1) is 0 Å². The van der Waals surface area contributed by atoms with Crippen LogP contribution < -0.4 is 5.43 Å². The zero-order valence-corrected chi connectivity index (χ0v) is 12.2. The van der Waals surface area contributed by atoms with Crippen molar-refractivity contribution in [1.29, 1.82) is 0 Å². The summed E-state index contributed by atoms with van der Waals surface area (Å²) >= 11 is 0. The molecule has 2 atom stereocenters. The SMILES string of the molecule is CC1CN(Cc2cc(=O)c(O)cn2CC(=O)O)CC(C)O1. The van der Waals surface area contributed by atoms with Gasteiger partial charge in [-0.2, -0.15) is 0 Å². The van der Waals surface area contributed by atoms with E-state index in [1.807, 2.05) is 13.8 Å². The molecule has 1 fully saturated rings. The van der Waals surface area contributed by atoms with Gasteiger partial charge in [0.1, 0.15) is 6.54 Å². The van der Waals surface area contributed by atoms with Crippen LogP contribution in [0.1, 0.15) is 19.5 Å². The molecule has 0 aliphatic carbocycles. The van der Waals surface area contributed by atoms with Crippen molar-refractivity contribution in [1.82, 2.24) is 9.47 Å². The number of ether oxygens (including phenoxy) is 1. The maximum Gasteiger partial charge on any atom is 0.323 e. The van der Waals surface area contributed by atoms with E-state index >= 15 is 0 Å². The molecule has 2 rings (SSSR count). The highest BCUT2D eigenvalue weighted by Crippen LogP contribution is 2.15. The summed E-state index contributed by atoms with van der Waals surface area (Å²) in [5.74, 6) is -1.47. The quantitative estimate of drug-likeness (QED) is 0.827. The Morgan fingerprint density at radius 2 is 2.00 bits per heavy atom. The van der Waals surface area contributed by atoms with Gasteiger partial charge in [0.05, 0.1) is 18.4 Å². The topological polar surface area (TPSA) is 92.0 Å². The largest absolute Gasteiger partial charge is 0.503 e. The van der Waals surface area contributed by atoms with E-state index in [-0.39, 0.29) is 18.8 Å². The number of morpholine rings is 1. The standard InChI is InChI=1S/C14H20N2O5/c1-9-4-15(5-10(2)21-9)6-11-3-12(17)13(18)7-16(11)8-14(19)20/h3,7,9-10,18H,4-6,8H2,1-2H3,(H,19,20). The minimum atomic E-state index is -1.02. The first-order valence-corrected chi connectivity index (χ1v) is 6.87. The summed E-state index contributed by atoms with van der Waals surface area (Å²) in [4.78, 5) is 24.6. The zero-order valence-electron chi connectivity index (χ0n) is 12.2. The van der Waals surface area contributed by atoms with Crippen molar-refractivity contribution in [2.24, 2.45) is 0 Å². The Kier molecular flexibility index (Phi) is 4.64. The lowest BCUT2D eigenvalue weighted by Crippen LogP contribution is -2.45. The maximum absolute atomic E-state index is 11.6. The van der Waals surface area contributed by atoms with Crippen molar-refractivity contribution in [3.8, 4) is 5.75 Å². The van der Waals surface area contributed by atoms with Gasteiger partial charge in [0, 0.05) is 31.4 Å². The molecule has 0 spiro atoms. The minimum absolute atomic E-state index is 0.0884. The fraction of sp³-hybridized carbons (Fsp3) is 0.571. The summed E-state index contributed by atoms with van der Waals surface area (Å²) in [6.45, 7) is 5.53. The van der Waals surface area contributed by atoms with Gasteiger partial charge in [0.25, 0.3) is 0 Å². The summed E-state index contributed by atoms with van der Waals surface area (Å²) in [5, 5.41) is 18.4. The highest BCUT2D eigenvalue weighted by atomic mass is 16.5. The van der Waals surface area contributed by atoms with Crippen molar-refractivity contribution in [2.45, 2.75) is 39.1 Å². The number of carboxylic acid groups (broad SMARTS) is 1. The van der Waals surface area contributed by atoms with Crippen molar-refractivity contribution in [3.63, 3.8) is 0 Å². The molecular formula is C14H20N2O5. The Balaban J connectivity index is 2.23. The number of nitrogens with zero attached hydrogens (tertiary/aromatic N) is 2. The number of carboxylic acids is 1. The van der Waals surface area contributed by atoms with Gasteiger partial charge >= 0.3 is 5.97 Å². The highest BCUT2D eigenvalue weighted by Gasteiger charge is 2.23. The van der Waals surface area contributed by atoms with Crippen molar-refractivity contribution >= 4 is 5.97 Å². The van der Waals surface area contributed by atoms with Gasteiger partial charge in [-0.25, -0.2) is 0 Å². The van der Waals surface area contributed by atoms with Gasteiger partial charge in [-0.3, -0.25) is 14.5 Å². The number of pyridine rings is 1. The van der Waals surface area contributed by atoms with Gasteiger partial charge in [-0.1, -0.05) is 0 Å². The molecule has 0 bridgehead atoms. The number of aromatic hydroxyl groups is 1. The van der Waals surface area contributed by atoms with E-state index < -0.39 is 17.1 Å². The van der Waals surface area contributed by atoms with E-state index in [2.05, 4.69) is 4.90 Å². The van der Waals surface area contributed by atoms with Gasteiger partial charge < -0.3 is 19.5 Å². The number of hydrogen-bond acceptors (Lipinski definition) is 5. The van der Waals surface area contributed by atoms with Gasteiger partial charge in [-0.15, -0.1) is 0 Å². The Morgan fingerprint density at radius 3 is 2.57 bits per heavy atom. The van der Waals surface area contributed by atoms with Crippen LogP contribution in [0.15, 0.2) is 17.1 Å². The van der Waals surface area contributed by atoms with Crippen LogP contribution in [-0.2, 0) is 22.6 Å². The molecule has 2 heterocycles. The molecule has 0 saturated carbocycles. The molecule has 2 N–H and O–H groups in total. The molecule has 0 amide bonds. The average Bonchev–Trinajstić information content (AvgIpc) is 2.33. The minimum Gasteiger partial charge on any atom is -0.503 e. The molecule has 21 heavy (non-hydrogen) atoms. The lowest BCUT2D eigenvalue weighted by molar-refractivity contribution is -0.137. The van der Waals surface area contributed by atoms with E-state index in [1.54, 1.807) is 0 Å². The second-order valence-corrected chi connectivity index (χ2v) is 5.49. The first kappa shape index (κ1) is 15.5. The summed E-state index contributed by atoms with van der Waals surface area (Å²) in [7, 11) is 0. The number of carbonyl (C=O) groups is 1. The molecule has 116 valence electrons. The maximum atomic E-state index is 11.6. The number of hydrogen-bond donors (Lipinski definition) is 2. The molecule has 1 aliphatic heterocycles. The lowest BCUT2D eigenvalue weighted by atomic mass is 10.2. The Labute approximate surface area is 122 Å². The van der Waals surface area contributed by atoms with Crippen LogP contribution in [0.3, 0.4) is 0 Å². The number of aromatic nitrogens is 1. The van der Waals surface area contributed by atoms with Crippen LogP contribution in [0.2, 0.25) is 0 Å². The molecule has 1 saturated heterocycles. The van der Waals surface area contributed by atoms with Gasteiger partial charge in [-0.05, 0) is 13.8 Å². The van der Waals surface area contributed by atoms with Crippen LogP contribution in [0.25, 0.3) is 0 Å². The van der Waals surface area contributed by atoms with Crippen LogP contribution in [0.5, 0.6) is 5.75 Å². The van der Waals surface area contributed by atoms with E-state index in [4.69, 9.17) is 9.84 Å². The zero-order chi connectivity index (χ0) is 15.6. The van der Waals surface area contributed by atoms with E-state index in [0.717, 1.165) is 0 Å². The molecule has 0 aromatic carbocycles. The predicted octanol–water partition coefficient (Wildman–Crippen LogP) is 0.248. The predicted molar refractivity (Wildman–Crippen MR) is 75.3 cm³/mol. The average molecular weight is 296 g/mol. The smallest absolute Gasteiger partial charge is 0.323 e. The molecule has 1 aromatic rings. The highest BCUT2D eigenvalue weighted by molar-refractivity contribution is 5.66. The third-order valence-corrected chi connectivity index (χ3v) is 3.38. The molecule has 2 unspecified atom stereocenters. The lowest BCUT2D eigenvalue weighted by Gasteiger charge is -2.35. The van der Waals surface area contributed by atoms with Crippen molar-refractivity contribution < 1.29 is 19.7 Å². The van der Waals surface area contributed by atoms with Crippen LogP contribution >= 0.6 is 0 Å². The fourth-order valence-electron chi connectivity index (χ4n) is 2.67. The van der Waals surface area contributed by atoms with Crippen molar-refractivity contribution in [3.05, 3.63) is 28.2 Å². The second kappa shape index (κ2) is 6.28. The first-order valence-electron chi connectivity index (χ1n) is 6.87. The van der Waals surface area contributed by atoms with Crippen LogP contribution in [0.4, 0.5) is 0 Å². The monoisotopic (exact) mass is 296 g/mol. The normalized spacial score (nSPS) is 23.1. The third kappa shape index (κ3) is 4.05. The molecule has 1 aliphatic rings. The second-order valence-electron chi connectivity index (χ2n) is 5.49. The Bertz CT molecular complexity index is 573.